The van der Waals surface area contributed by atoms with E-state index in [4.69, 9.17) is 10.5 Å². The van der Waals surface area contributed by atoms with E-state index in [2.05, 4.69) is 0 Å². The van der Waals surface area contributed by atoms with Crippen molar-refractivity contribution < 1.29 is 48.8 Å². The molecule has 0 spiro atoms. The first kappa shape index (κ1) is 29.1. The highest BCUT2D eigenvalue weighted by Crippen LogP contribution is 2.55. The van der Waals surface area contributed by atoms with E-state index in [-0.39, 0.29) is 17.7 Å². The summed E-state index contributed by atoms with van der Waals surface area (Å²) < 4.78 is 5.94. The molecule has 1 amide bonds. The molecule has 2 aromatic rings. The fourth-order valence-corrected chi connectivity index (χ4v) is 7.04. The van der Waals surface area contributed by atoms with E-state index < -0.39 is 88.1 Å². The standard InChI is InChI=1S/C30H30N2O10/c1-12-15-5-4-6-16(34)19(15)24(36)20-18(12)26(42-17(35)11-13-7-9-14(33)10-8-13)22-23(32(2)3)25(37)21(29(31)40)28(39)30(22,41)27(20)38/h4-10,12,18,20-23,26,33-34,41H,11H2,1-3H3,(H2,31,40)/t12-,18+,20?,21?,22+,23?,26-,30-/m0/s1. The monoisotopic (exact) mass is 578 g/mol. The number of hydrogen-bond donors (Lipinski definition) is 4. The van der Waals surface area contributed by atoms with Crippen LogP contribution in [0, 0.1) is 23.7 Å². The summed E-state index contributed by atoms with van der Waals surface area (Å²) in [7, 11) is 2.87. The van der Waals surface area contributed by atoms with E-state index in [1.54, 1.807) is 13.0 Å². The third kappa shape index (κ3) is 4.12. The Labute approximate surface area is 240 Å². The first-order chi connectivity index (χ1) is 19.7. The second-order valence-electron chi connectivity index (χ2n) is 11.4. The van der Waals surface area contributed by atoms with Crippen molar-refractivity contribution in [2.24, 2.45) is 29.4 Å². The molecule has 0 aromatic heterocycles. The number of phenols is 2. The maximum absolute atomic E-state index is 14.2. The van der Waals surface area contributed by atoms with Gasteiger partial charge in [0.05, 0.1) is 29.9 Å². The molecule has 0 bridgehead atoms. The molecule has 2 saturated carbocycles. The van der Waals surface area contributed by atoms with Gasteiger partial charge in [0.15, 0.2) is 34.7 Å². The highest BCUT2D eigenvalue weighted by atomic mass is 16.5. The summed E-state index contributed by atoms with van der Waals surface area (Å²) in [6, 6.07) is 8.59. The lowest BCUT2D eigenvalue weighted by molar-refractivity contribution is -0.205. The number of phenolic OH excluding ortho intramolecular Hbond substituents is 2. The summed E-state index contributed by atoms with van der Waals surface area (Å²) in [5.74, 6) is -14.7. The Morgan fingerprint density at radius 3 is 2.24 bits per heavy atom. The van der Waals surface area contributed by atoms with Crippen LogP contribution < -0.4 is 5.73 Å². The van der Waals surface area contributed by atoms with Gasteiger partial charge in [-0.3, -0.25) is 33.7 Å². The van der Waals surface area contributed by atoms with Crippen molar-refractivity contribution in [1.29, 1.82) is 0 Å². The summed E-state index contributed by atoms with van der Waals surface area (Å²) in [4.78, 5) is 82.3. The quantitative estimate of drug-likeness (QED) is 0.273. The Morgan fingerprint density at radius 1 is 1.00 bits per heavy atom. The van der Waals surface area contributed by atoms with E-state index in [9.17, 15) is 44.1 Å². The zero-order chi connectivity index (χ0) is 30.8. The van der Waals surface area contributed by atoms with E-state index in [1.165, 1.54) is 55.4 Å². The first-order valence-corrected chi connectivity index (χ1v) is 13.4. The summed E-state index contributed by atoms with van der Waals surface area (Å²) in [5, 5.41) is 32.2. The molecule has 8 atom stereocenters. The summed E-state index contributed by atoms with van der Waals surface area (Å²) >= 11 is 0. The number of Topliss-reactive ketones (excluding diaryl/α,β-unsaturated/α-hetero) is 4. The molecule has 220 valence electrons. The van der Waals surface area contributed by atoms with Gasteiger partial charge in [0.2, 0.25) is 5.91 Å². The number of fused-ring (bicyclic) bond motifs is 3. The smallest absolute Gasteiger partial charge is 0.310 e. The van der Waals surface area contributed by atoms with Gasteiger partial charge in [-0.15, -0.1) is 0 Å². The molecule has 3 aliphatic carbocycles. The van der Waals surface area contributed by atoms with Crippen molar-refractivity contribution in [2.45, 2.75) is 37.0 Å². The zero-order valence-corrected chi connectivity index (χ0v) is 23.0. The lowest BCUT2D eigenvalue weighted by Crippen LogP contribution is -2.78. The van der Waals surface area contributed by atoms with Gasteiger partial charge in [-0.1, -0.05) is 31.2 Å². The van der Waals surface area contributed by atoms with Crippen LogP contribution in [0.25, 0.3) is 0 Å². The lowest BCUT2D eigenvalue weighted by atomic mass is 9.49. The van der Waals surface area contributed by atoms with Crippen LogP contribution >= 0.6 is 0 Å². The van der Waals surface area contributed by atoms with Gasteiger partial charge in [0.25, 0.3) is 0 Å². The van der Waals surface area contributed by atoms with E-state index in [1.807, 2.05) is 0 Å². The summed E-state index contributed by atoms with van der Waals surface area (Å²) in [6.07, 6.45) is -1.85. The highest BCUT2D eigenvalue weighted by Gasteiger charge is 2.74. The first-order valence-electron chi connectivity index (χ1n) is 13.4. The number of hydrogen-bond acceptors (Lipinski definition) is 11. The second-order valence-corrected chi connectivity index (χ2v) is 11.4. The maximum Gasteiger partial charge on any atom is 0.310 e. The molecule has 12 heteroatoms. The number of esters is 1. The molecule has 2 fully saturated rings. The molecule has 0 aliphatic heterocycles. The number of likely N-dealkylation sites (N-methyl/N-ethyl adjacent to an activating group) is 1. The molecule has 5 N–H and O–H groups in total. The fraction of sp³-hybridized carbons (Fsp3) is 0.400. The molecule has 0 radical (unpaired) electrons. The van der Waals surface area contributed by atoms with Gasteiger partial charge in [-0.05, 0) is 49.3 Å². The third-order valence-electron chi connectivity index (χ3n) is 8.88. The molecule has 0 saturated heterocycles. The van der Waals surface area contributed by atoms with Crippen LogP contribution in [-0.4, -0.2) is 87.1 Å². The van der Waals surface area contributed by atoms with Crippen LogP contribution in [-0.2, 0) is 35.1 Å². The highest BCUT2D eigenvalue weighted by molar-refractivity contribution is 6.32. The predicted octanol–water partition coefficient (Wildman–Crippen LogP) is -0.102. The van der Waals surface area contributed by atoms with Crippen LogP contribution in [0.2, 0.25) is 0 Å². The Kier molecular flexibility index (Phi) is 7.02. The van der Waals surface area contributed by atoms with Crippen molar-refractivity contribution in [3.05, 3.63) is 59.2 Å². The van der Waals surface area contributed by atoms with Gasteiger partial charge >= 0.3 is 5.97 Å². The average Bonchev–Trinajstić information content (AvgIpc) is 2.91. The predicted molar refractivity (Wildman–Crippen MR) is 143 cm³/mol. The van der Waals surface area contributed by atoms with Gasteiger partial charge in [-0.25, -0.2) is 0 Å². The number of ether oxygens (including phenoxy) is 1. The molecule has 42 heavy (non-hydrogen) atoms. The number of aromatic hydroxyl groups is 2. The number of carbonyl (C=O) groups is 6. The van der Waals surface area contributed by atoms with E-state index in [0.717, 1.165) is 0 Å². The minimum absolute atomic E-state index is 0.0284. The number of primary amides is 1. The van der Waals surface area contributed by atoms with E-state index in [0.29, 0.717) is 11.1 Å². The van der Waals surface area contributed by atoms with Crippen molar-refractivity contribution in [2.75, 3.05) is 14.1 Å². The van der Waals surface area contributed by atoms with Crippen molar-refractivity contribution in [3.63, 3.8) is 0 Å². The van der Waals surface area contributed by atoms with Gasteiger partial charge in [0, 0.05) is 5.92 Å². The van der Waals surface area contributed by atoms with Crippen molar-refractivity contribution in [1.82, 2.24) is 4.90 Å². The third-order valence-corrected chi connectivity index (χ3v) is 8.88. The number of amides is 1. The van der Waals surface area contributed by atoms with Gasteiger partial charge < -0.3 is 25.8 Å². The van der Waals surface area contributed by atoms with Crippen LogP contribution in [0.1, 0.15) is 34.3 Å². The fourth-order valence-electron chi connectivity index (χ4n) is 7.04. The maximum atomic E-state index is 14.2. The van der Waals surface area contributed by atoms with Crippen LogP contribution in [0.5, 0.6) is 11.5 Å². The number of ketones is 4. The van der Waals surface area contributed by atoms with Crippen molar-refractivity contribution in [3.8, 4) is 11.5 Å². The Balaban J connectivity index is 1.70. The second kappa shape index (κ2) is 10.1. The molecule has 0 heterocycles. The molecule has 3 unspecified atom stereocenters. The number of rotatable bonds is 5. The van der Waals surface area contributed by atoms with Crippen LogP contribution in [0.4, 0.5) is 0 Å². The van der Waals surface area contributed by atoms with Crippen LogP contribution in [0.15, 0.2) is 42.5 Å². The molecular weight excluding hydrogens is 548 g/mol. The minimum Gasteiger partial charge on any atom is -0.508 e. The Hall–Kier alpha value is -4.42. The van der Waals surface area contributed by atoms with Gasteiger partial charge in [-0.2, -0.15) is 0 Å². The average molecular weight is 579 g/mol. The molecular formula is C30H30N2O10. The SMILES string of the molecule is C[C@H]1c2cccc(O)c2C(=O)C2C(=O)[C@]3(O)C(=O)C(C(N)=O)C(=O)C(N(C)C)[C@@H]3[C@@H](OC(=O)Cc3ccc(O)cc3)[C@@H]21. The lowest BCUT2D eigenvalue weighted by Gasteiger charge is -2.56. The summed E-state index contributed by atoms with van der Waals surface area (Å²) in [5.41, 5.74) is 2.95. The Morgan fingerprint density at radius 2 is 1.64 bits per heavy atom. The zero-order valence-electron chi connectivity index (χ0n) is 23.0. The molecule has 5 rings (SSSR count). The van der Waals surface area contributed by atoms with Gasteiger partial charge in [0.1, 0.15) is 17.6 Å². The van der Waals surface area contributed by atoms with Crippen molar-refractivity contribution >= 4 is 35.0 Å². The molecule has 12 nitrogen and oxygen atoms in total. The normalized spacial score (nSPS) is 32.2. The topological polar surface area (TPSA) is 202 Å². The number of benzene rings is 2. The number of nitrogens with two attached hydrogens (primary N) is 1. The number of nitrogens with zero attached hydrogens (tertiary/aromatic N) is 1. The molecule has 3 aliphatic rings. The van der Waals surface area contributed by atoms with Crippen LogP contribution in [0.3, 0.4) is 0 Å². The Bertz CT molecular complexity index is 1530. The summed E-state index contributed by atoms with van der Waals surface area (Å²) in [6.45, 7) is 1.66. The largest absolute Gasteiger partial charge is 0.508 e. The minimum atomic E-state index is -3.09. The number of aliphatic hydroxyl groups is 1. The molecule has 2 aromatic carbocycles. The van der Waals surface area contributed by atoms with E-state index >= 15 is 0 Å². The number of carbonyl (C=O) groups excluding carboxylic acids is 6.